The first kappa shape index (κ1) is 118. The summed E-state index contributed by atoms with van der Waals surface area (Å²) in [6.07, 6.45) is 27.5. The van der Waals surface area contributed by atoms with Crippen molar-refractivity contribution in [3.8, 4) is 0 Å². The molecule has 8 bridgehead atoms. The van der Waals surface area contributed by atoms with Crippen molar-refractivity contribution in [2.24, 2.45) is 0 Å². The predicted octanol–water partition coefficient (Wildman–Crippen LogP) is 17.9. The third kappa shape index (κ3) is 31.8. The maximum absolute atomic E-state index is 12.4. The average Bonchev–Trinajstić information content (AvgIpc) is 1.61. The zero-order valence-corrected chi connectivity index (χ0v) is 99.5. The first-order valence-electron chi connectivity index (χ1n) is 50.3. The zero-order valence-electron chi connectivity index (χ0n) is 86.4. The van der Waals surface area contributed by atoms with E-state index >= 15 is 0 Å². The molecule has 50 heteroatoms. The van der Waals surface area contributed by atoms with Crippen LogP contribution in [0, 0.1) is 27.7 Å². The van der Waals surface area contributed by atoms with Crippen LogP contribution in [0.4, 0.5) is 83.6 Å². The molecule has 9 N–H and O–H groups in total. The minimum atomic E-state index is -0.245. The Morgan fingerprint density at radius 3 is 1.11 bits per heavy atom. The summed E-state index contributed by atoms with van der Waals surface area (Å²) in [4.78, 5) is 99.5. The van der Waals surface area contributed by atoms with Crippen molar-refractivity contribution < 1.29 is 74.9 Å². The molecule has 41 nitrogen and oxygen atoms in total. The van der Waals surface area contributed by atoms with Gasteiger partial charge < -0.3 is 103 Å². The molecule has 20 heterocycles. The van der Waals surface area contributed by atoms with Crippen LogP contribution in [0.2, 0.25) is 15.6 Å². The fourth-order valence-corrected chi connectivity index (χ4v) is 22.1. The summed E-state index contributed by atoms with van der Waals surface area (Å²) in [7, 11) is 13.6. The second kappa shape index (κ2) is 55.7. The van der Waals surface area contributed by atoms with Crippen LogP contribution in [-0.4, -0.2) is 312 Å². The Kier molecular flexibility index (Phi) is 44.3. The molecule has 10 saturated heterocycles. The number of nitrogens with one attached hydrogen (secondary N) is 9. The Morgan fingerprint density at radius 1 is 0.446 bits per heavy atom. The Bertz CT molecular complexity index is 5640. The molecule has 12 aliphatic rings. The van der Waals surface area contributed by atoms with Crippen molar-refractivity contribution in [3.05, 3.63) is 116 Å². The number of rotatable bonds is 19. The molecule has 8 aromatic heterocycles. The van der Waals surface area contributed by atoms with E-state index in [9.17, 15) is 19.2 Å². The average molecular weight is 2670 g/mol. The summed E-state index contributed by atoms with van der Waals surface area (Å²) in [5.41, 5.74) is 7.73. The van der Waals surface area contributed by atoms with Gasteiger partial charge in [-0.25, -0.2) is 44.1 Å². The molecule has 20 rings (SSSR count). The molecule has 0 radical (unpaired) electrons. The summed E-state index contributed by atoms with van der Waals surface area (Å²) < 4.78 is 48.3. The number of hydrogen-bond acceptors (Lipinski definition) is 33. The Labute approximate surface area is 926 Å². The molecule has 0 saturated carbocycles. The first-order valence-corrected chi connectivity index (χ1v) is 76.6. The number of amides is 4. The monoisotopic (exact) mass is 2670 g/mol. The fourth-order valence-electron chi connectivity index (χ4n) is 21.5. The number of fused-ring (bicyclic) bond motifs is 8. The van der Waals surface area contributed by atoms with Gasteiger partial charge in [0.05, 0.1) is 77.5 Å². The SMILES string of the molecule is C.CC1(C)OB(C2=CCOCC2)OC1(C)C.CNC1C[C@H]2CCC[C@@H](C1)N2C(=O)OC.COC(=O)N1[C@@H]2CCC[C@H]1CC(N(C)c1nc(Cl)cc(Nc3cc(C)[nH]n3)n1)C2.COC(=O)N1[C@@H]2CCC[C@H]1CC(N(C)c1nc(Nc3cc(C)[nH]n3)cc(C3=CCOCC3)n1)C2.COC(=O)N1[C@@H]2CCC[C@H]1CC(N(C)c1nc(Nc3cc(C)[nH]n3)cc(C3CCOCC3)n1)C2.Cc1cc(Nc2cc(Cl)nc(Cl)n2)n[nH]1.I[I-]I(I)I. The quantitative estimate of drug-likeness (QED) is 0.0119. The van der Waals surface area contributed by atoms with E-state index in [1.165, 1.54) is 45.9 Å². The summed E-state index contributed by atoms with van der Waals surface area (Å²) in [6.45, 7) is 20.3. The van der Waals surface area contributed by atoms with Gasteiger partial charge in [0, 0.05) is 184 Å². The summed E-state index contributed by atoms with van der Waals surface area (Å²) in [6, 6.07) is 18.2. The molecule has 4 amide bonds. The molecule has 8 aromatic rings. The number of methoxy groups -OCH3 is 4. The van der Waals surface area contributed by atoms with Crippen LogP contribution in [0.25, 0.3) is 5.57 Å². The van der Waals surface area contributed by atoms with Crippen molar-refractivity contribution in [3.63, 3.8) is 0 Å². The van der Waals surface area contributed by atoms with Crippen molar-refractivity contribution in [1.29, 1.82) is 0 Å². The van der Waals surface area contributed by atoms with Gasteiger partial charge in [-0.05, 0) is 239 Å². The number of carbonyl (C=O) groups is 4. The molecule has 0 aliphatic carbocycles. The number of aryl methyl sites for hydroxylation is 4. The Balaban J connectivity index is 0.000000151. The van der Waals surface area contributed by atoms with Crippen LogP contribution in [0.3, 0.4) is 0 Å². The Hall–Kier alpha value is -7.34. The van der Waals surface area contributed by atoms with Crippen LogP contribution >= 0.6 is 98.5 Å². The molecule has 10 fully saturated rings. The summed E-state index contributed by atoms with van der Waals surface area (Å²) >= 11 is 26.0. The number of aromatic amines is 4. The Morgan fingerprint density at radius 2 is 0.784 bits per heavy atom. The number of piperidine rings is 8. The van der Waals surface area contributed by atoms with E-state index in [-0.39, 0.29) is 123 Å². The van der Waals surface area contributed by atoms with Crippen molar-refractivity contribution in [2.75, 3.05) is 132 Å². The number of H-pyrrole nitrogens is 4. The van der Waals surface area contributed by atoms with E-state index in [0.717, 1.165) is 219 Å². The number of ether oxygens (including phenoxy) is 7. The second-order valence-corrected chi connectivity index (χ2v) is 106. The normalized spacial score (nSPS) is 24.0. The van der Waals surface area contributed by atoms with Gasteiger partial charge in [0.15, 0.2) is 23.3 Å². The van der Waals surface area contributed by atoms with E-state index in [4.69, 9.17) is 97.2 Å². The molecule has 12 atom stereocenters. The number of nitrogens with zero attached hydrogens (tertiary/aromatic N) is 19. The van der Waals surface area contributed by atoms with Gasteiger partial charge in [0.1, 0.15) is 33.6 Å². The predicted molar refractivity (Wildman–Crippen MR) is 607 cm³/mol. The summed E-state index contributed by atoms with van der Waals surface area (Å²) in [5, 5.41) is 45.2. The fraction of sp³-hybridized carbons (Fsp3) is 0.633. The number of halogens is 8. The molecule has 0 spiro atoms. The van der Waals surface area contributed by atoms with Crippen LogP contribution < -0.4 is 54.5 Å². The van der Waals surface area contributed by atoms with Gasteiger partial charge in [-0.1, -0.05) is 42.8 Å². The van der Waals surface area contributed by atoms with Gasteiger partial charge in [-0.3, -0.25) is 20.4 Å². The third-order valence-corrected chi connectivity index (χ3v) is 113. The van der Waals surface area contributed by atoms with E-state index in [2.05, 4.69) is 212 Å². The van der Waals surface area contributed by atoms with Crippen molar-refractivity contribution >= 4 is 200 Å². The van der Waals surface area contributed by atoms with Gasteiger partial charge in [-0.2, -0.15) is 35.3 Å². The van der Waals surface area contributed by atoms with Gasteiger partial charge >= 0.3 is 108 Å². The third-order valence-electron chi connectivity index (χ3n) is 29.5. The van der Waals surface area contributed by atoms with Crippen LogP contribution in [0.1, 0.15) is 229 Å². The number of anilines is 11. The molecular formula is C98H144BCl3I5N28O13-. The number of carbonyl (C=O) groups excluding carboxylic acids is 4. The molecule has 12 aliphatic heterocycles. The van der Waals surface area contributed by atoms with Crippen molar-refractivity contribution in [1.82, 2.24) is 106 Å². The van der Waals surface area contributed by atoms with Crippen LogP contribution in [0.5, 0.6) is 0 Å². The zero-order chi connectivity index (χ0) is 105. The van der Waals surface area contributed by atoms with Crippen molar-refractivity contribution in [2.45, 2.75) is 307 Å². The van der Waals surface area contributed by atoms with E-state index in [0.29, 0.717) is 109 Å². The molecule has 0 aromatic carbocycles. The van der Waals surface area contributed by atoms with Gasteiger partial charge in [0.25, 0.3) is 0 Å². The van der Waals surface area contributed by atoms with E-state index in [1.807, 2.05) is 97.8 Å². The van der Waals surface area contributed by atoms with Crippen LogP contribution in [0.15, 0.2) is 66.2 Å². The minimum absolute atomic E-state index is 0. The van der Waals surface area contributed by atoms with Crippen LogP contribution in [-0.2, 0) is 42.5 Å². The van der Waals surface area contributed by atoms with Gasteiger partial charge in [0.2, 0.25) is 23.1 Å². The topological polar surface area (TPSA) is 452 Å². The maximum atomic E-state index is 12.4. The van der Waals surface area contributed by atoms with E-state index in [1.54, 1.807) is 12.1 Å². The molecule has 4 unspecified atom stereocenters. The standard InChI is InChI=1S/C24H35N7O3.C24H33N7O3.C19H26ClN7O2.C11H19BO3.C11H20N2O2.C8H7Cl2N5.CH4.I5/c2*1-15-11-22(29-28-15)26-21-14-20(16-7-9-34-10-8-16)25-23(27-21)30(2)19-12-17-5-4-6-18(13-19)31(17)24(32)33-3;1-11-7-17(25-24-11)22-16-10-15(20)21-18(23-16)26(2)14-8-12-5-4-6-13(9-14)27(12)19(28)29-3;1-10(2)11(3,4)15-12(14-10)9-5-7-13-8-6-9;1-12-8-6-9-4-3-5-10(7-8)13(9)11(14)15-2;1-4-2-7(15-14-4)12-6-3-5(9)11-8(10)13-6;;1-4-5(2)3/h11,14,16-19H,4-10,12-13H2,1-3H3,(H2,25,26,27,28,29);7,11,14,17-19H,4-6,8-10,12-13H2,1-3H3,(H2,25,26,27,28,29);7,10,12-14H,4-6,8-9H2,1-3H3,(H2,21,22,23,24,25);5H,6-8H2,1-4H3;8-10,12H,3-7H2,1-2H3;2-3H,1H3,(H2,11,12,13,14,15);1H4;/q;;;;;;;-1/t2*17-,18+,19?;12-,13+,14?;;8?,9-,10+;;;. The second-order valence-electron chi connectivity index (χ2n) is 39.9. The first-order chi connectivity index (χ1) is 70.5. The molecule has 148 heavy (non-hydrogen) atoms. The number of aromatic nitrogens is 16. The summed E-state index contributed by atoms with van der Waals surface area (Å²) in [5.74, 6) is 7.63. The van der Waals surface area contributed by atoms with Gasteiger partial charge in [-0.15, -0.1) is 0 Å². The number of hydrogen-bond donors (Lipinski definition) is 9. The molecule has 814 valence electrons. The van der Waals surface area contributed by atoms with E-state index < -0.39 is 0 Å². The molecular weight excluding hydrogens is 2530 g/mol.